The molecule has 0 aliphatic carbocycles. The minimum Gasteiger partial charge on any atom is -0.491 e. The van der Waals surface area contributed by atoms with Crippen LogP contribution in [-0.4, -0.2) is 32.6 Å². The number of hydrogen-bond donors (Lipinski definition) is 1. The summed E-state index contributed by atoms with van der Waals surface area (Å²) in [5.41, 5.74) is 1.16. The number of hydrogen-bond acceptors (Lipinski definition) is 4. The zero-order valence-electron chi connectivity index (χ0n) is 12.9. The number of rotatable bonds is 9. The van der Waals surface area contributed by atoms with Crippen molar-refractivity contribution >= 4 is 25.8 Å². The van der Waals surface area contributed by atoms with Crippen LogP contribution in [0.5, 0.6) is 5.75 Å². The molecule has 0 radical (unpaired) electrons. The Morgan fingerprint density at radius 3 is 2.62 bits per heavy atom. The standard InChI is InChI=1S/C15H24BrNO3S/c1-4-7-17-11-13-5-6-15(14(16)10-13)20-8-9-21(18,19)12(2)3/h5-6,10,12,17H,4,7-9,11H2,1-3H3. The van der Waals surface area contributed by atoms with E-state index in [4.69, 9.17) is 4.74 Å². The first kappa shape index (κ1) is 18.5. The molecule has 0 fully saturated rings. The summed E-state index contributed by atoms with van der Waals surface area (Å²) < 4.78 is 29.8. The molecule has 0 aliphatic heterocycles. The lowest BCUT2D eigenvalue weighted by Gasteiger charge is -2.11. The van der Waals surface area contributed by atoms with Crippen molar-refractivity contribution in [3.8, 4) is 5.75 Å². The molecular formula is C15H24BrNO3S. The zero-order valence-corrected chi connectivity index (χ0v) is 15.3. The second kappa shape index (κ2) is 8.76. The molecule has 0 heterocycles. The van der Waals surface area contributed by atoms with Gasteiger partial charge in [-0.2, -0.15) is 0 Å². The molecule has 0 bridgehead atoms. The molecule has 0 saturated heterocycles. The summed E-state index contributed by atoms with van der Waals surface area (Å²) in [6.07, 6.45) is 1.10. The molecule has 1 N–H and O–H groups in total. The highest BCUT2D eigenvalue weighted by atomic mass is 79.9. The van der Waals surface area contributed by atoms with E-state index in [-0.39, 0.29) is 17.6 Å². The number of halogens is 1. The van der Waals surface area contributed by atoms with Crippen LogP contribution in [0.2, 0.25) is 0 Å². The van der Waals surface area contributed by atoms with Gasteiger partial charge < -0.3 is 10.1 Å². The lowest BCUT2D eigenvalue weighted by molar-refractivity contribution is 0.338. The van der Waals surface area contributed by atoms with Gasteiger partial charge in [0.05, 0.1) is 15.5 Å². The van der Waals surface area contributed by atoms with Crippen molar-refractivity contribution in [1.82, 2.24) is 5.32 Å². The number of nitrogens with one attached hydrogen (secondary N) is 1. The van der Waals surface area contributed by atoms with Crippen LogP contribution < -0.4 is 10.1 Å². The highest BCUT2D eigenvalue weighted by molar-refractivity contribution is 9.10. The maximum absolute atomic E-state index is 11.7. The molecule has 6 heteroatoms. The van der Waals surface area contributed by atoms with Crippen LogP contribution >= 0.6 is 15.9 Å². The van der Waals surface area contributed by atoms with E-state index >= 15 is 0 Å². The average molecular weight is 378 g/mol. The van der Waals surface area contributed by atoms with Gasteiger partial charge in [0.15, 0.2) is 9.84 Å². The molecular weight excluding hydrogens is 354 g/mol. The quantitative estimate of drug-likeness (QED) is 0.671. The average Bonchev–Trinajstić information content (AvgIpc) is 2.41. The van der Waals surface area contributed by atoms with Gasteiger partial charge >= 0.3 is 0 Å². The van der Waals surface area contributed by atoms with Gasteiger partial charge in [0.25, 0.3) is 0 Å². The molecule has 0 amide bonds. The fraction of sp³-hybridized carbons (Fsp3) is 0.600. The Balaban J connectivity index is 2.53. The monoisotopic (exact) mass is 377 g/mol. The minimum absolute atomic E-state index is 0.0386. The first-order valence-corrected chi connectivity index (χ1v) is 9.71. The van der Waals surface area contributed by atoms with Gasteiger partial charge in [0.2, 0.25) is 0 Å². The van der Waals surface area contributed by atoms with Crippen LogP contribution in [0.25, 0.3) is 0 Å². The second-order valence-corrected chi connectivity index (χ2v) is 8.74. The molecule has 0 spiro atoms. The van der Waals surface area contributed by atoms with Gasteiger partial charge in [-0.3, -0.25) is 0 Å². The molecule has 4 nitrogen and oxygen atoms in total. The molecule has 0 atom stereocenters. The van der Waals surface area contributed by atoms with Gasteiger partial charge in [-0.15, -0.1) is 0 Å². The Labute approximate surface area is 136 Å². The molecule has 0 aliphatic rings. The van der Waals surface area contributed by atoms with Crippen molar-refractivity contribution < 1.29 is 13.2 Å². The first-order valence-electron chi connectivity index (χ1n) is 7.20. The highest BCUT2D eigenvalue weighted by Crippen LogP contribution is 2.26. The molecule has 0 aromatic heterocycles. The Kier molecular flexibility index (Phi) is 7.70. The van der Waals surface area contributed by atoms with Crippen molar-refractivity contribution in [3.05, 3.63) is 28.2 Å². The summed E-state index contributed by atoms with van der Waals surface area (Å²) in [5, 5.41) is 2.97. The SMILES string of the molecule is CCCNCc1ccc(OCCS(=O)(=O)C(C)C)c(Br)c1. The van der Waals surface area contributed by atoms with Gasteiger partial charge in [-0.1, -0.05) is 13.0 Å². The highest BCUT2D eigenvalue weighted by Gasteiger charge is 2.16. The molecule has 0 unspecified atom stereocenters. The summed E-state index contributed by atoms with van der Waals surface area (Å²) in [5.74, 6) is 0.713. The van der Waals surface area contributed by atoms with Gasteiger partial charge in [-0.25, -0.2) is 8.42 Å². The molecule has 0 saturated carbocycles. The van der Waals surface area contributed by atoms with E-state index in [0.717, 1.165) is 29.5 Å². The van der Waals surface area contributed by atoms with Gasteiger partial charge in [0.1, 0.15) is 12.4 Å². The van der Waals surface area contributed by atoms with E-state index < -0.39 is 9.84 Å². The largest absolute Gasteiger partial charge is 0.491 e. The number of ether oxygens (including phenoxy) is 1. The maximum atomic E-state index is 11.7. The third-order valence-corrected chi connectivity index (χ3v) is 5.89. The topological polar surface area (TPSA) is 55.4 Å². The molecule has 1 aromatic rings. The second-order valence-electron chi connectivity index (χ2n) is 5.21. The normalized spacial score (nSPS) is 11.9. The Morgan fingerprint density at radius 2 is 2.05 bits per heavy atom. The van der Waals surface area contributed by atoms with E-state index in [2.05, 4.69) is 28.2 Å². The summed E-state index contributed by atoms with van der Waals surface area (Å²) >= 11 is 3.46. The summed E-state index contributed by atoms with van der Waals surface area (Å²) in [4.78, 5) is 0. The van der Waals surface area contributed by atoms with E-state index in [9.17, 15) is 8.42 Å². The minimum atomic E-state index is -3.05. The Morgan fingerprint density at radius 1 is 1.33 bits per heavy atom. The van der Waals surface area contributed by atoms with Crippen molar-refractivity contribution in [2.45, 2.75) is 39.0 Å². The van der Waals surface area contributed by atoms with Crippen molar-refractivity contribution in [1.29, 1.82) is 0 Å². The van der Waals surface area contributed by atoms with E-state index in [1.807, 2.05) is 18.2 Å². The predicted molar refractivity (Wildman–Crippen MR) is 90.6 cm³/mol. The van der Waals surface area contributed by atoms with Crippen LogP contribution in [0, 0.1) is 0 Å². The summed E-state index contributed by atoms with van der Waals surface area (Å²) in [6.45, 7) is 7.47. The third-order valence-electron chi connectivity index (χ3n) is 3.10. The molecule has 1 rings (SSSR count). The van der Waals surface area contributed by atoms with Crippen LogP contribution in [0.1, 0.15) is 32.8 Å². The number of sulfone groups is 1. The van der Waals surface area contributed by atoms with Crippen LogP contribution in [0.3, 0.4) is 0 Å². The van der Waals surface area contributed by atoms with Crippen molar-refractivity contribution in [3.63, 3.8) is 0 Å². The lowest BCUT2D eigenvalue weighted by Crippen LogP contribution is -2.22. The Hall–Kier alpha value is -0.590. The van der Waals surface area contributed by atoms with Crippen molar-refractivity contribution in [2.75, 3.05) is 18.9 Å². The van der Waals surface area contributed by atoms with E-state index in [1.165, 1.54) is 0 Å². The Bertz CT molecular complexity index is 544. The fourth-order valence-corrected chi connectivity index (χ4v) is 3.01. The van der Waals surface area contributed by atoms with Gasteiger partial charge in [-0.05, 0) is 60.4 Å². The van der Waals surface area contributed by atoms with Crippen LogP contribution in [0.4, 0.5) is 0 Å². The smallest absolute Gasteiger partial charge is 0.155 e. The number of benzene rings is 1. The first-order chi connectivity index (χ1) is 9.86. The fourth-order valence-electron chi connectivity index (χ4n) is 1.68. The van der Waals surface area contributed by atoms with Crippen molar-refractivity contribution in [2.24, 2.45) is 0 Å². The lowest BCUT2D eigenvalue weighted by atomic mass is 10.2. The summed E-state index contributed by atoms with van der Waals surface area (Å²) in [7, 11) is -3.05. The zero-order chi connectivity index (χ0) is 15.9. The molecule has 1 aromatic carbocycles. The predicted octanol–water partition coefficient (Wildman–Crippen LogP) is 3.15. The molecule has 120 valence electrons. The third kappa shape index (κ3) is 6.36. The van der Waals surface area contributed by atoms with Crippen LogP contribution in [-0.2, 0) is 16.4 Å². The van der Waals surface area contributed by atoms with Crippen LogP contribution in [0.15, 0.2) is 22.7 Å². The molecule has 21 heavy (non-hydrogen) atoms. The van der Waals surface area contributed by atoms with E-state index in [0.29, 0.717) is 5.75 Å². The van der Waals surface area contributed by atoms with Gasteiger partial charge in [0, 0.05) is 6.54 Å². The maximum Gasteiger partial charge on any atom is 0.155 e. The van der Waals surface area contributed by atoms with E-state index in [1.54, 1.807) is 13.8 Å². The summed E-state index contributed by atoms with van der Waals surface area (Å²) in [6, 6.07) is 5.85.